The molecule has 0 bridgehead atoms. The van der Waals surface area contributed by atoms with Gasteiger partial charge in [-0.1, -0.05) is 30.3 Å². The van der Waals surface area contributed by atoms with Gasteiger partial charge in [-0.2, -0.15) is 0 Å². The number of Topliss-reactive ketones (excluding diaryl/α,β-unsaturated/α-hetero) is 1. The number of carbonyl (C=O) groups excluding carboxylic acids is 1. The van der Waals surface area contributed by atoms with E-state index in [0.717, 1.165) is 5.52 Å². The molecule has 1 N–H and O–H groups in total. The van der Waals surface area contributed by atoms with Crippen LogP contribution in [0.5, 0.6) is 5.75 Å². The molecule has 3 aromatic rings. The summed E-state index contributed by atoms with van der Waals surface area (Å²) in [6.45, 7) is 0.429. The van der Waals surface area contributed by atoms with Gasteiger partial charge in [0.25, 0.3) is 5.56 Å². The van der Waals surface area contributed by atoms with E-state index in [1.165, 1.54) is 0 Å². The van der Waals surface area contributed by atoms with Gasteiger partial charge in [0, 0.05) is 18.5 Å². The molecule has 22 heavy (non-hydrogen) atoms. The third kappa shape index (κ3) is 2.65. The maximum absolute atomic E-state index is 12.1. The van der Waals surface area contributed by atoms with Crippen LogP contribution in [0.15, 0.2) is 53.3 Å². The Bertz CT molecular complexity index is 862. The number of hydrogen-bond donors (Lipinski definition) is 1. The van der Waals surface area contributed by atoms with E-state index >= 15 is 0 Å². The average molecular weight is 296 g/mol. The average Bonchev–Trinajstić information content (AvgIpc) is 2.89. The molecule has 0 radical (unpaired) electrons. The molecule has 0 spiro atoms. The molecule has 1 heterocycles. The second-order valence-corrected chi connectivity index (χ2v) is 5.01. The summed E-state index contributed by atoms with van der Waals surface area (Å²) < 4.78 is 6.83. The molecule has 0 saturated carbocycles. The van der Waals surface area contributed by atoms with E-state index in [-0.39, 0.29) is 11.3 Å². The summed E-state index contributed by atoms with van der Waals surface area (Å²) in [5.74, 6) is 0.688. The number of carbonyl (C=O) groups is 1. The van der Waals surface area contributed by atoms with Crippen LogP contribution in [0.3, 0.4) is 0 Å². The SMILES string of the molecule is COc1ccc2c(c1)c(=O)[nH]n2CCC(=O)c1ccccc1. The Hall–Kier alpha value is -2.82. The summed E-state index contributed by atoms with van der Waals surface area (Å²) in [5.41, 5.74) is 1.27. The zero-order chi connectivity index (χ0) is 15.5. The Balaban J connectivity index is 1.83. The summed E-state index contributed by atoms with van der Waals surface area (Å²) in [5, 5.41) is 3.33. The highest BCUT2D eigenvalue weighted by molar-refractivity contribution is 5.96. The second kappa shape index (κ2) is 5.89. The lowest BCUT2D eigenvalue weighted by Crippen LogP contribution is -2.09. The number of nitrogens with zero attached hydrogens (tertiary/aromatic N) is 1. The number of rotatable bonds is 5. The normalized spacial score (nSPS) is 10.8. The van der Waals surface area contributed by atoms with Gasteiger partial charge in [0.15, 0.2) is 5.78 Å². The summed E-state index contributed by atoms with van der Waals surface area (Å²) in [6, 6.07) is 14.5. The highest BCUT2D eigenvalue weighted by atomic mass is 16.5. The smallest absolute Gasteiger partial charge is 0.272 e. The van der Waals surface area contributed by atoms with E-state index in [2.05, 4.69) is 5.10 Å². The third-order valence-electron chi connectivity index (χ3n) is 3.63. The van der Waals surface area contributed by atoms with Crippen LogP contribution in [0.25, 0.3) is 10.9 Å². The van der Waals surface area contributed by atoms with E-state index in [0.29, 0.717) is 29.7 Å². The molecule has 0 atom stereocenters. The number of ether oxygens (including phenoxy) is 1. The van der Waals surface area contributed by atoms with Gasteiger partial charge in [-0.25, -0.2) is 0 Å². The molecule has 3 rings (SSSR count). The molecule has 0 amide bonds. The van der Waals surface area contributed by atoms with Gasteiger partial charge in [-0.15, -0.1) is 0 Å². The fourth-order valence-electron chi connectivity index (χ4n) is 2.46. The number of benzene rings is 2. The van der Waals surface area contributed by atoms with Crippen molar-refractivity contribution < 1.29 is 9.53 Å². The first-order valence-corrected chi connectivity index (χ1v) is 7.04. The van der Waals surface area contributed by atoms with Crippen LogP contribution < -0.4 is 10.3 Å². The molecular formula is C17H16N2O3. The van der Waals surface area contributed by atoms with Gasteiger partial charge in [0.05, 0.1) is 18.0 Å². The largest absolute Gasteiger partial charge is 0.497 e. The zero-order valence-electron chi connectivity index (χ0n) is 12.2. The standard InChI is InChI=1S/C17H16N2O3/c1-22-13-7-8-15-14(11-13)17(21)18-19(15)10-9-16(20)12-5-3-2-4-6-12/h2-8,11H,9-10H2,1H3,(H,18,21). The third-order valence-corrected chi connectivity index (χ3v) is 3.63. The van der Waals surface area contributed by atoms with E-state index in [1.54, 1.807) is 36.1 Å². The lowest BCUT2D eigenvalue weighted by Gasteiger charge is -2.05. The van der Waals surface area contributed by atoms with Crippen LogP contribution in [-0.4, -0.2) is 22.7 Å². The highest BCUT2D eigenvalue weighted by Gasteiger charge is 2.10. The van der Waals surface area contributed by atoms with Crippen molar-refractivity contribution in [2.45, 2.75) is 13.0 Å². The molecule has 5 heteroatoms. The molecule has 0 aliphatic rings. The number of ketones is 1. The summed E-state index contributed by atoms with van der Waals surface area (Å²) in [6.07, 6.45) is 0.329. The molecule has 0 unspecified atom stereocenters. The predicted octanol–water partition coefficient (Wildman–Crippen LogP) is 2.61. The Morgan fingerprint density at radius 1 is 1.18 bits per heavy atom. The van der Waals surface area contributed by atoms with E-state index in [1.807, 2.05) is 24.3 Å². The minimum Gasteiger partial charge on any atom is -0.497 e. The number of aromatic amines is 1. The summed E-state index contributed by atoms with van der Waals surface area (Å²) in [7, 11) is 1.56. The molecule has 112 valence electrons. The van der Waals surface area contributed by atoms with Crippen LogP contribution in [0.1, 0.15) is 16.8 Å². The molecule has 0 aliphatic carbocycles. The highest BCUT2D eigenvalue weighted by Crippen LogP contribution is 2.18. The quantitative estimate of drug-likeness (QED) is 0.736. The van der Waals surface area contributed by atoms with Gasteiger partial charge in [0.1, 0.15) is 5.75 Å². The monoisotopic (exact) mass is 296 g/mol. The van der Waals surface area contributed by atoms with Crippen LogP contribution in [0.4, 0.5) is 0 Å². The molecule has 0 saturated heterocycles. The number of methoxy groups -OCH3 is 1. The summed E-state index contributed by atoms with van der Waals surface area (Å²) >= 11 is 0. The molecule has 0 aliphatic heterocycles. The maximum atomic E-state index is 12.1. The van der Waals surface area contributed by atoms with Crippen molar-refractivity contribution in [3.8, 4) is 5.75 Å². The first-order chi connectivity index (χ1) is 10.7. The molecule has 2 aromatic carbocycles. The minimum absolute atomic E-state index is 0.0526. The predicted molar refractivity (Wildman–Crippen MR) is 84.5 cm³/mol. The first-order valence-electron chi connectivity index (χ1n) is 7.04. The Morgan fingerprint density at radius 3 is 2.68 bits per heavy atom. The van der Waals surface area contributed by atoms with Gasteiger partial charge in [-0.05, 0) is 18.2 Å². The van der Waals surface area contributed by atoms with Gasteiger partial charge < -0.3 is 4.74 Å². The number of nitrogens with one attached hydrogen (secondary N) is 1. The number of aryl methyl sites for hydroxylation is 1. The summed E-state index contributed by atoms with van der Waals surface area (Å²) in [4.78, 5) is 24.1. The Labute approximate surface area is 127 Å². The van der Waals surface area contributed by atoms with Crippen molar-refractivity contribution in [3.63, 3.8) is 0 Å². The minimum atomic E-state index is -0.180. The lowest BCUT2D eigenvalue weighted by atomic mass is 10.1. The van der Waals surface area contributed by atoms with E-state index < -0.39 is 0 Å². The number of hydrogen-bond acceptors (Lipinski definition) is 3. The topological polar surface area (TPSA) is 64.1 Å². The van der Waals surface area contributed by atoms with Gasteiger partial charge in [-0.3, -0.25) is 19.4 Å². The van der Waals surface area contributed by atoms with Crippen molar-refractivity contribution in [1.29, 1.82) is 0 Å². The van der Waals surface area contributed by atoms with E-state index in [4.69, 9.17) is 4.74 Å². The Morgan fingerprint density at radius 2 is 1.95 bits per heavy atom. The van der Waals surface area contributed by atoms with Crippen LogP contribution in [0, 0.1) is 0 Å². The van der Waals surface area contributed by atoms with Crippen molar-refractivity contribution in [2.24, 2.45) is 0 Å². The maximum Gasteiger partial charge on any atom is 0.272 e. The van der Waals surface area contributed by atoms with Gasteiger partial charge in [0.2, 0.25) is 0 Å². The van der Waals surface area contributed by atoms with Crippen LogP contribution in [0.2, 0.25) is 0 Å². The van der Waals surface area contributed by atoms with E-state index in [9.17, 15) is 9.59 Å². The molecular weight excluding hydrogens is 280 g/mol. The number of fused-ring (bicyclic) bond motifs is 1. The first kappa shape index (κ1) is 14.1. The fourth-order valence-corrected chi connectivity index (χ4v) is 2.46. The van der Waals surface area contributed by atoms with Crippen LogP contribution >= 0.6 is 0 Å². The molecule has 5 nitrogen and oxygen atoms in total. The second-order valence-electron chi connectivity index (χ2n) is 5.01. The van der Waals surface area contributed by atoms with Crippen LogP contribution in [-0.2, 0) is 6.54 Å². The van der Waals surface area contributed by atoms with Crippen molar-refractivity contribution in [1.82, 2.24) is 9.78 Å². The number of aromatic nitrogens is 2. The number of H-pyrrole nitrogens is 1. The fraction of sp³-hybridized carbons (Fsp3) is 0.176. The van der Waals surface area contributed by atoms with Crippen molar-refractivity contribution in [3.05, 3.63) is 64.4 Å². The van der Waals surface area contributed by atoms with Crippen molar-refractivity contribution in [2.75, 3.05) is 7.11 Å². The zero-order valence-corrected chi connectivity index (χ0v) is 12.2. The van der Waals surface area contributed by atoms with Crippen molar-refractivity contribution >= 4 is 16.7 Å². The molecule has 0 fully saturated rings. The lowest BCUT2D eigenvalue weighted by molar-refractivity contribution is 0.0976. The molecule has 1 aromatic heterocycles. The Kier molecular flexibility index (Phi) is 3.78. The van der Waals surface area contributed by atoms with Gasteiger partial charge >= 0.3 is 0 Å².